The maximum absolute atomic E-state index is 6.07. The van der Waals surface area contributed by atoms with E-state index in [1.165, 1.54) is 10.3 Å². The first kappa shape index (κ1) is 12.2. The zero-order valence-electron chi connectivity index (χ0n) is 11.2. The van der Waals surface area contributed by atoms with Crippen molar-refractivity contribution in [2.75, 3.05) is 5.73 Å². The molecule has 5 heteroatoms. The van der Waals surface area contributed by atoms with Crippen LogP contribution in [0, 0.1) is 0 Å². The van der Waals surface area contributed by atoms with Gasteiger partial charge < -0.3 is 5.73 Å². The lowest BCUT2D eigenvalue weighted by Gasteiger charge is -2.06. The number of aromatic nitrogens is 3. The van der Waals surface area contributed by atoms with Crippen molar-refractivity contribution >= 4 is 27.2 Å². The van der Waals surface area contributed by atoms with Gasteiger partial charge in [0.25, 0.3) is 0 Å². The predicted octanol–water partition coefficient (Wildman–Crippen LogP) is 3.40. The number of aryl methyl sites for hydroxylation is 1. The van der Waals surface area contributed by atoms with Crippen LogP contribution in [0.2, 0.25) is 0 Å². The molecule has 0 saturated carbocycles. The quantitative estimate of drug-likeness (QED) is 0.778. The standard InChI is InChI=1S/C14H16N4S/c1-8(2)11-7-19-13-10(5-16-14(15)12(11)13)9-4-17-18(3)6-9/h4-8H,1-3H3,(H2,15,16). The van der Waals surface area contributed by atoms with Crippen LogP contribution in [0.4, 0.5) is 5.82 Å². The Morgan fingerprint density at radius 2 is 2.11 bits per heavy atom. The summed E-state index contributed by atoms with van der Waals surface area (Å²) in [7, 11) is 1.92. The number of thiophene rings is 1. The SMILES string of the molecule is CC(C)c1csc2c(-c3cnn(C)c3)cnc(N)c12. The molecule has 0 fully saturated rings. The highest BCUT2D eigenvalue weighted by atomic mass is 32.1. The summed E-state index contributed by atoms with van der Waals surface area (Å²) < 4.78 is 3.00. The summed E-state index contributed by atoms with van der Waals surface area (Å²) >= 11 is 1.73. The Labute approximate surface area is 115 Å². The highest BCUT2D eigenvalue weighted by molar-refractivity contribution is 7.18. The van der Waals surface area contributed by atoms with Gasteiger partial charge in [0, 0.05) is 40.7 Å². The van der Waals surface area contributed by atoms with E-state index in [1.807, 2.05) is 25.6 Å². The van der Waals surface area contributed by atoms with E-state index in [-0.39, 0.29) is 0 Å². The number of nitrogens with two attached hydrogens (primary N) is 1. The smallest absolute Gasteiger partial charge is 0.132 e. The van der Waals surface area contributed by atoms with Crippen LogP contribution in [0.25, 0.3) is 21.2 Å². The van der Waals surface area contributed by atoms with E-state index in [2.05, 4.69) is 29.3 Å². The molecule has 0 aliphatic carbocycles. The molecule has 3 aromatic rings. The van der Waals surface area contributed by atoms with Crippen molar-refractivity contribution in [1.82, 2.24) is 14.8 Å². The monoisotopic (exact) mass is 272 g/mol. The summed E-state index contributed by atoms with van der Waals surface area (Å²) in [4.78, 5) is 4.36. The summed E-state index contributed by atoms with van der Waals surface area (Å²) in [6, 6.07) is 0. The van der Waals surface area contributed by atoms with Crippen molar-refractivity contribution in [3.05, 3.63) is 29.5 Å². The largest absolute Gasteiger partial charge is 0.383 e. The molecule has 0 spiro atoms. The summed E-state index contributed by atoms with van der Waals surface area (Å²) in [5, 5.41) is 7.51. The number of rotatable bonds is 2. The summed E-state index contributed by atoms with van der Waals surface area (Å²) in [5.41, 5.74) is 9.53. The fourth-order valence-corrected chi connectivity index (χ4v) is 3.55. The molecule has 3 aromatic heterocycles. The average Bonchev–Trinajstić information content (AvgIpc) is 2.96. The predicted molar refractivity (Wildman–Crippen MR) is 80.3 cm³/mol. The van der Waals surface area contributed by atoms with Crippen LogP contribution in [0.1, 0.15) is 25.3 Å². The van der Waals surface area contributed by atoms with E-state index in [9.17, 15) is 0 Å². The van der Waals surface area contributed by atoms with Gasteiger partial charge in [-0.15, -0.1) is 11.3 Å². The second kappa shape index (κ2) is 4.35. The number of pyridine rings is 1. The molecular formula is C14H16N4S. The lowest BCUT2D eigenvalue weighted by Crippen LogP contribution is -1.94. The highest BCUT2D eigenvalue weighted by Crippen LogP contribution is 2.39. The van der Waals surface area contributed by atoms with Gasteiger partial charge in [-0.1, -0.05) is 13.8 Å². The number of anilines is 1. The maximum Gasteiger partial charge on any atom is 0.132 e. The van der Waals surface area contributed by atoms with Crippen molar-refractivity contribution < 1.29 is 0 Å². The third kappa shape index (κ3) is 1.90. The summed E-state index contributed by atoms with van der Waals surface area (Å²) in [6.45, 7) is 4.36. The molecule has 0 atom stereocenters. The number of nitrogen functional groups attached to an aromatic ring is 1. The molecule has 0 aliphatic rings. The zero-order chi connectivity index (χ0) is 13.6. The van der Waals surface area contributed by atoms with Crippen LogP contribution in [0.5, 0.6) is 0 Å². The minimum atomic E-state index is 0.446. The van der Waals surface area contributed by atoms with Crippen molar-refractivity contribution in [2.45, 2.75) is 19.8 Å². The van der Waals surface area contributed by atoms with Gasteiger partial charge >= 0.3 is 0 Å². The molecule has 0 aromatic carbocycles. The first-order valence-corrected chi connectivity index (χ1v) is 7.10. The van der Waals surface area contributed by atoms with E-state index in [0.29, 0.717) is 11.7 Å². The molecule has 4 nitrogen and oxygen atoms in total. The maximum atomic E-state index is 6.07. The molecule has 3 rings (SSSR count). The van der Waals surface area contributed by atoms with E-state index in [1.54, 1.807) is 16.0 Å². The van der Waals surface area contributed by atoms with Crippen molar-refractivity contribution in [3.63, 3.8) is 0 Å². The van der Waals surface area contributed by atoms with E-state index in [0.717, 1.165) is 16.5 Å². The Morgan fingerprint density at radius 1 is 1.32 bits per heavy atom. The minimum Gasteiger partial charge on any atom is -0.383 e. The van der Waals surface area contributed by atoms with Crippen LogP contribution in [-0.2, 0) is 7.05 Å². The van der Waals surface area contributed by atoms with Gasteiger partial charge in [-0.2, -0.15) is 5.10 Å². The Balaban J connectivity index is 2.31. The highest BCUT2D eigenvalue weighted by Gasteiger charge is 2.16. The molecule has 0 unspecified atom stereocenters. The molecule has 98 valence electrons. The van der Waals surface area contributed by atoms with Gasteiger partial charge in [0.15, 0.2) is 0 Å². The number of nitrogens with zero attached hydrogens (tertiary/aromatic N) is 3. The van der Waals surface area contributed by atoms with E-state index < -0.39 is 0 Å². The van der Waals surface area contributed by atoms with Gasteiger partial charge in [-0.05, 0) is 16.9 Å². The molecule has 0 amide bonds. The van der Waals surface area contributed by atoms with Gasteiger partial charge in [-0.3, -0.25) is 4.68 Å². The van der Waals surface area contributed by atoms with Crippen molar-refractivity contribution in [1.29, 1.82) is 0 Å². The van der Waals surface area contributed by atoms with Crippen LogP contribution < -0.4 is 5.73 Å². The molecule has 3 heterocycles. The first-order valence-electron chi connectivity index (χ1n) is 6.22. The van der Waals surface area contributed by atoms with E-state index >= 15 is 0 Å². The molecule has 0 radical (unpaired) electrons. The van der Waals surface area contributed by atoms with Gasteiger partial charge in [0.05, 0.1) is 6.20 Å². The normalized spacial score (nSPS) is 11.6. The summed E-state index contributed by atoms with van der Waals surface area (Å²) in [5.74, 6) is 1.06. The second-order valence-electron chi connectivity index (χ2n) is 5.01. The van der Waals surface area contributed by atoms with Crippen molar-refractivity contribution in [3.8, 4) is 11.1 Å². The Hall–Kier alpha value is -1.88. The van der Waals surface area contributed by atoms with Crippen LogP contribution in [0.3, 0.4) is 0 Å². The summed E-state index contributed by atoms with van der Waals surface area (Å²) in [6.07, 6.45) is 5.71. The topological polar surface area (TPSA) is 56.7 Å². The number of hydrogen-bond acceptors (Lipinski definition) is 4. The molecule has 19 heavy (non-hydrogen) atoms. The Bertz CT molecular complexity index is 739. The molecule has 0 saturated heterocycles. The molecule has 2 N–H and O–H groups in total. The molecule has 0 bridgehead atoms. The third-order valence-electron chi connectivity index (χ3n) is 3.29. The van der Waals surface area contributed by atoms with Gasteiger partial charge in [0.2, 0.25) is 0 Å². The van der Waals surface area contributed by atoms with Gasteiger partial charge in [0.1, 0.15) is 5.82 Å². The first-order chi connectivity index (χ1) is 9.08. The van der Waals surface area contributed by atoms with Crippen LogP contribution in [-0.4, -0.2) is 14.8 Å². The fourth-order valence-electron chi connectivity index (χ4n) is 2.28. The third-order valence-corrected chi connectivity index (χ3v) is 4.32. The number of hydrogen-bond donors (Lipinski definition) is 1. The lowest BCUT2D eigenvalue weighted by atomic mass is 10.0. The zero-order valence-corrected chi connectivity index (χ0v) is 12.0. The lowest BCUT2D eigenvalue weighted by molar-refractivity contribution is 0.768. The Morgan fingerprint density at radius 3 is 2.74 bits per heavy atom. The number of fused-ring (bicyclic) bond motifs is 1. The second-order valence-corrected chi connectivity index (χ2v) is 5.89. The van der Waals surface area contributed by atoms with E-state index in [4.69, 9.17) is 5.73 Å². The van der Waals surface area contributed by atoms with Crippen molar-refractivity contribution in [2.24, 2.45) is 7.05 Å². The Kier molecular flexibility index (Phi) is 2.78. The van der Waals surface area contributed by atoms with Crippen LogP contribution >= 0.6 is 11.3 Å². The van der Waals surface area contributed by atoms with Crippen LogP contribution in [0.15, 0.2) is 24.0 Å². The minimum absolute atomic E-state index is 0.446. The fraction of sp³-hybridized carbons (Fsp3) is 0.286. The van der Waals surface area contributed by atoms with Gasteiger partial charge in [-0.25, -0.2) is 4.98 Å². The molecule has 0 aliphatic heterocycles. The molecular weight excluding hydrogens is 256 g/mol. The average molecular weight is 272 g/mol.